The molecular formula is C14H25NO2. The Morgan fingerprint density at radius 1 is 1.29 bits per heavy atom. The van der Waals surface area contributed by atoms with Crippen LogP contribution >= 0.6 is 0 Å². The summed E-state index contributed by atoms with van der Waals surface area (Å²) < 4.78 is 5.39. The maximum Gasteiger partial charge on any atom is 0.127 e. The van der Waals surface area contributed by atoms with Gasteiger partial charge < -0.3 is 9.53 Å². The van der Waals surface area contributed by atoms with Crippen molar-refractivity contribution in [3.05, 3.63) is 0 Å². The molecule has 2 rings (SSSR count). The molecule has 1 saturated carbocycles. The molecule has 17 heavy (non-hydrogen) atoms. The van der Waals surface area contributed by atoms with Crippen LogP contribution in [0.4, 0.5) is 0 Å². The molecule has 0 bridgehead atoms. The van der Waals surface area contributed by atoms with Gasteiger partial charge in [-0.05, 0) is 19.3 Å². The van der Waals surface area contributed by atoms with Crippen molar-refractivity contribution < 1.29 is 9.53 Å². The highest BCUT2D eigenvalue weighted by atomic mass is 16.5. The van der Waals surface area contributed by atoms with Gasteiger partial charge in [-0.3, -0.25) is 4.90 Å². The summed E-state index contributed by atoms with van der Waals surface area (Å²) in [5.41, 5.74) is -0.0564. The number of hydrogen-bond acceptors (Lipinski definition) is 3. The summed E-state index contributed by atoms with van der Waals surface area (Å²) in [6, 6.07) is 0. The first-order chi connectivity index (χ1) is 8.28. The fraction of sp³-hybridized carbons (Fsp3) is 0.929. The zero-order valence-electron chi connectivity index (χ0n) is 11.0. The van der Waals surface area contributed by atoms with Gasteiger partial charge in [0.25, 0.3) is 0 Å². The zero-order chi connectivity index (χ0) is 12.1. The molecular weight excluding hydrogens is 214 g/mol. The van der Waals surface area contributed by atoms with Gasteiger partial charge in [0.05, 0.1) is 6.10 Å². The van der Waals surface area contributed by atoms with Crippen LogP contribution in [0.15, 0.2) is 0 Å². The van der Waals surface area contributed by atoms with Crippen molar-refractivity contribution in [2.75, 3.05) is 26.7 Å². The number of aldehydes is 1. The van der Waals surface area contributed by atoms with Crippen molar-refractivity contribution in [1.29, 1.82) is 0 Å². The van der Waals surface area contributed by atoms with Crippen molar-refractivity contribution in [3.8, 4) is 0 Å². The quantitative estimate of drug-likeness (QED) is 0.556. The van der Waals surface area contributed by atoms with E-state index in [0.717, 1.165) is 38.9 Å². The summed E-state index contributed by atoms with van der Waals surface area (Å²) in [7, 11) is 1.79. The predicted octanol–water partition coefficient (Wildman–Crippen LogP) is 2.25. The summed E-state index contributed by atoms with van der Waals surface area (Å²) in [6.07, 6.45) is 9.97. The Bertz CT molecular complexity index is 247. The molecule has 0 N–H and O–H groups in total. The molecule has 3 nitrogen and oxygen atoms in total. The summed E-state index contributed by atoms with van der Waals surface area (Å²) in [5, 5.41) is 0. The standard InChI is InChI=1S/C14H25NO2/c1-17-13-6-9-15(10-13)11-14(12-16)7-4-2-3-5-8-14/h12-13H,2-11H2,1H3. The minimum atomic E-state index is -0.0564. The Labute approximate surface area is 105 Å². The number of rotatable bonds is 4. The lowest BCUT2D eigenvalue weighted by Gasteiger charge is -2.31. The third-order valence-electron chi connectivity index (χ3n) is 4.45. The first-order valence-corrected chi connectivity index (χ1v) is 6.99. The van der Waals surface area contributed by atoms with Crippen LogP contribution in [0, 0.1) is 5.41 Å². The lowest BCUT2D eigenvalue weighted by Crippen LogP contribution is -2.38. The predicted molar refractivity (Wildman–Crippen MR) is 68.1 cm³/mol. The number of ether oxygens (including phenoxy) is 1. The number of carbonyl (C=O) groups is 1. The van der Waals surface area contributed by atoms with Crippen LogP contribution in [-0.4, -0.2) is 44.0 Å². The van der Waals surface area contributed by atoms with Crippen LogP contribution < -0.4 is 0 Å². The second-order valence-electron chi connectivity index (χ2n) is 5.78. The van der Waals surface area contributed by atoms with Crippen molar-refractivity contribution in [2.24, 2.45) is 5.41 Å². The third kappa shape index (κ3) is 3.29. The Morgan fingerprint density at radius 3 is 2.53 bits per heavy atom. The molecule has 0 aromatic rings. The van der Waals surface area contributed by atoms with Crippen molar-refractivity contribution >= 4 is 6.29 Å². The van der Waals surface area contributed by atoms with Crippen LogP contribution in [0.5, 0.6) is 0 Å². The number of methoxy groups -OCH3 is 1. The van der Waals surface area contributed by atoms with Crippen LogP contribution in [-0.2, 0) is 9.53 Å². The molecule has 1 atom stereocenters. The van der Waals surface area contributed by atoms with Crippen molar-refractivity contribution in [1.82, 2.24) is 4.90 Å². The van der Waals surface area contributed by atoms with Crippen molar-refractivity contribution in [2.45, 2.75) is 51.0 Å². The fourth-order valence-corrected chi connectivity index (χ4v) is 3.32. The summed E-state index contributed by atoms with van der Waals surface area (Å²) in [4.78, 5) is 13.9. The second kappa shape index (κ2) is 5.96. The number of hydrogen-bond donors (Lipinski definition) is 0. The Morgan fingerprint density at radius 2 is 2.00 bits per heavy atom. The molecule has 0 amide bonds. The first kappa shape index (κ1) is 13.0. The second-order valence-corrected chi connectivity index (χ2v) is 5.78. The van der Waals surface area contributed by atoms with Crippen molar-refractivity contribution in [3.63, 3.8) is 0 Å². The van der Waals surface area contributed by atoms with Gasteiger partial charge in [0.15, 0.2) is 0 Å². The van der Waals surface area contributed by atoms with E-state index in [1.807, 2.05) is 0 Å². The molecule has 0 radical (unpaired) electrons. The minimum absolute atomic E-state index is 0.0564. The Kier molecular flexibility index (Phi) is 4.57. The molecule has 0 aromatic heterocycles. The van der Waals surface area contributed by atoms with E-state index in [-0.39, 0.29) is 5.41 Å². The molecule has 3 heteroatoms. The lowest BCUT2D eigenvalue weighted by atomic mass is 9.81. The van der Waals surface area contributed by atoms with Gasteiger partial charge in [0.1, 0.15) is 6.29 Å². The van der Waals surface area contributed by atoms with E-state index in [2.05, 4.69) is 4.90 Å². The average Bonchev–Trinajstić information content (AvgIpc) is 2.67. The van der Waals surface area contributed by atoms with Gasteiger partial charge in [-0.15, -0.1) is 0 Å². The van der Waals surface area contributed by atoms with Crippen LogP contribution in [0.25, 0.3) is 0 Å². The van der Waals surface area contributed by atoms with E-state index in [9.17, 15) is 4.79 Å². The molecule has 0 spiro atoms. The molecule has 1 aliphatic carbocycles. The normalized spacial score (nSPS) is 30.1. The van der Waals surface area contributed by atoms with E-state index in [1.54, 1.807) is 7.11 Å². The van der Waals surface area contributed by atoms with E-state index in [1.165, 1.54) is 32.0 Å². The topological polar surface area (TPSA) is 29.5 Å². The first-order valence-electron chi connectivity index (χ1n) is 6.99. The van der Waals surface area contributed by atoms with E-state index >= 15 is 0 Å². The monoisotopic (exact) mass is 239 g/mol. The van der Waals surface area contributed by atoms with Gasteiger partial charge in [0, 0.05) is 32.2 Å². The smallest absolute Gasteiger partial charge is 0.127 e. The summed E-state index contributed by atoms with van der Waals surface area (Å²) in [5.74, 6) is 0. The Hall–Kier alpha value is -0.410. The highest BCUT2D eigenvalue weighted by Crippen LogP contribution is 2.34. The van der Waals surface area contributed by atoms with Gasteiger partial charge in [-0.1, -0.05) is 25.7 Å². The van der Waals surface area contributed by atoms with Gasteiger partial charge in [0.2, 0.25) is 0 Å². The van der Waals surface area contributed by atoms with E-state index in [4.69, 9.17) is 4.74 Å². The molecule has 1 saturated heterocycles. The maximum atomic E-state index is 11.5. The Balaban J connectivity index is 1.92. The molecule has 1 heterocycles. The maximum absolute atomic E-state index is 11.5. The van der Waals surface area contributed by atoms with Gasteiger partial charge in [-0.25, -0.2) is 0 Å². The molecule has 0 aromatic carbocycles. The largest absolute Gasteiger partial charge is 0.380 e. The van der Waals surface area contributed by atoms with E-state index in [0.29, 0.717) is 6.10 Å². The average molecular weight is 239 g/mol. The number of carbonyl (C=O) groups excluding carboxylic acids is 1. The lowest BCUT2D eigenvalue weighted by molar-refractivity contribution is -0.118. The SMILES string of the molecule is COC1CCN(CC2(C=O)CCCCCC2)C1. The van der Waals surface area contributed by atoms with Crippen LogP contribution in [0.3, 0.4) is 0 Å². The minimum Gasteiger partial charge on any atom is -0.380 e. The van der Waals surface area contributed by atoms with Gasteiger partial charge >= 0.3 is 0 Å². The van der Waals surface area contributed by atoms with Gasteiger partial charge in [-0.2, -0.15) is 0 Å². The van der Waals surface area contributed by atoms with E-state index < -0.39 is 0 Å². The molecule has 1 aliphatic heterocycles. The number of nitrogens with zero attached hydrogens (tertiary/aromatic N) is 1. The third-order valence-corrected chi connectivity index (χ3v) is 4.45. The molecule has 98 valence electrons. The molecule has 2 fully saturated rings. The highest BCUT2D eigenvalue weighted by molar-refractivity contribution is 5.59. The number of likely N-dealkylation sites (tertiary alicyclic amines) is 1. The fourth-order valence-electron chi connectivity index (χ4n) is 3.32. The van der Waals surface area contributed by atoms with Crippen LogP contribution in [0.2, 0.25) is 0 Å². The zero-order valence-corrected chi connectivity index (χ0v) is 11.0. The molecule has 1 unspecified atom stereocenters. The molecule has 2 aliphatic rings. The summed E-state index contributed by atoms with van der Waals surface area (Å²) in [6.45, 7) is 3.05. The van der Waals surface area contributed by atoms with Crippen LogP contribution in [0.1, 0.15) is 44.9 Å². The summed E-state index contributed by atoms with van der Waals surface area (Å²) >= 11 is 0. The highest BCUT2D eigenvalue weighted by Gasteiger charge is 2.35.